The molecule has 4 nitrogen and oxygen atoms in total. The van der Waals surface area contributed by atoms with Gasteiger partial charge in [-0.3, -0.25) is 0 Å². The normalized spacial score (nSPS) is 10.4. The number of aromatic nitrogens is 3. The molecular weight excluding hydrogens is 196 g/mol. The van der Waals surface area contributed by atoms with Gasteiger partial charge in [0.1, 0.15) is 0 Å². The van der Waals surface area contributed by atoms with Gasteiger partial charge in [-0.05, 0) is 6.92 Å². The Morgan fingerprint density at radius 1 is 1.50 bits per heavy atom. The van der Waals surface area contributed by atoms with Crippen LogP contribution in [-0.2, 0) is 6.54 Å². The molecule has 0 aliphatic heterocycles. The number of thiazole rings is 1. The number of nitrogens with zero attached hydrogens (tertiary/aromatic N) is 3. The van der Waals surface area contributed by atoms with Crippen LogP contribution < -0.4 is 5.32 Å². The maximum Gasteiger partial charge on any atom is 0.203 e. The van der Waals surface area contributed by atoms with Gasteiger partial charge >= 0.3 is 0 Å². The van der Waals surface area contributed by atoms with Crippen molar-refractivity contribution >= 4 is 17.3 Å². The van der Waals surface area contributed by atoms with Crippen molar-refractivity contribution in [3.63, 3.8) is 0 Å². The van der Waals surface area contributed by atoms with Gasteiger partial charge < -0.3 is 9.88 Å². The molecule has 0 bridgehead atoms. The molecule has 0 saturated heterocycles. The zero-order valence-electron chi connectivity index (χ0n) is 7.97. The van der Waals surface area contributed by atoms with E-state index in [1.54, 1.807) is 17.5 Å². The van der Waals surface area contributed by atoms with Gasteiger partial charge in [-0.1, -0.05) is 0 Å². The van der Waals surface area contributed by atoms with Crippen LogP contribution in [0.15, 0.2) is 23.3 Å². The maximum atomic E-state index is 4.23. The molecule has 0 radical (unpaired) electrons. The molecule has 0 aliphatic rings. The number of nitrogens with one attached hydrogen (secondary N) is 1. The molecule has 0 aliphatic carbocycles. The standard InChI is InChI=1S/C9H12N4S/c1-2-10-9-11-3-4-13(9)5-8-6-14-7-12-8/h3-4,6-7H,2,5H2,1H3,(H,10,11). The van der Waals surface area contributed by atoms with Crippen molar-refractivity contribution in [1.82, 2.24) is 14.5 Å². The lowest BCUT2D eigenvalue weighted by atomic mass is 10.5. The van der Waals surface area contributed by atoms with Crippen molar-refractivity contribution in [2.75, 3.05) is 11.9 Å². The van der Waals surface area contributed by atoms with Crippen LogP contribution in [0.5, 0.6) is 0 Å². The second-order valence-electron chi connectivity index (χ2n) is 2.89. The van der Waals surface area contributed by atoms with Gasteiger partial charge in [0.15, 0.2) is 0 Å². The molecule has 0 saturated carbocycles. The largest absolute Gasteiger partial charge is 0.356 e. The molecule has 0 fully saturated rings. The third-order valence-corrected chi connectivity index (χ3v) is 2.50. The summed E-state index contributed by atoms with van der Waals surface area (Å²) in [4.78, 5) is 8.45. The molecule has 2 aromatic heterocycles. The average Bonchev–Trinajstić information content (AvgIpc) is 2.80. The lowest BCUT2D eigenvalue weighted by molar-refractivity contribution is 0.782. The number of anilines is 1. The first-order valence-corrected chi connectivity index (χ1v) is 5.46. The monoisotopic (exact) mass is 208 g/mol. The summed E-state index contributed by atoms with van der Waals surface area (Å²) in [6.07, 6.45) is 3.75. The molecule has 0 atom stereocenters. The van der Waals surface area contributed by atoms with Crippen LogP contribution in [0.1, 0.15) is 12.6 Å². The molecule has 14 heavy (non-hydrogen) atoms. The Kier molecular flexibility index (Phi) is 2.78. The Balaban J connectivity index is 2.12. The van der Waals surface area contributed by atoms with Crippen LogP contribution in [0.3, 0.4) is 0 Å². The summed E-state index contributed by atoms with van der Waals surface area (Å²) in [5, 5.41) is 5.25. The van der Waals surface area contributed by atoms with Crippen LogP contribution in [0.4, 0.5) is 5.95 Å². The summed E-state index contributed by atoms with van der Waals surface area (Å²) in [7, 11) is 0. The fourth-order valence-electron chi connectivity index (χ4n) is 1.25. The van der Waals surface area contributed by atoms with E-state index in [1.165, 1.54) is 0 Å². The first-order chi connectivity index (χ1) is 6.90. The Labute approximate surface area is 86.6 Å². The molecule has 1 N–H and O–H groups in total. The SMILES string of the molecule is CCNc1nccn1Cc1cscn1. The average molecular weight is 208 g/mol. The smallest absolute Gasteiger partial charge is 0.203 e. The number of hydrogen-bond acceptors (Lipinski definition) is 4. The van der Waals surface area contributed by atoms with E-state index in [0.717, 1.165) is 24.7 Å². The van der Waals surface area contributed by atoms with E-state index in [4.69, 9.17) is 0 Å². The third kappa shape index (κ3) is 1.93. The van der Waals surface area contributed by atoms with Gasteiger partial charge in [-0.25, -0.2) is 9.97 Å². The van der Waals surface area contributed by atoms with E-state index >= 15 is 0 Å². The van der Waals surface area contributed by atoms with Crippen LogP contribution >= 0.6 is 11.3 Å². The van der Waals surface area contributed by atoms with Gasteiger partial charge in [0.25, 0.3) is 0 Å². The fourth-order valence-corrected chi connectivity index (χ4v) is 1.80. The Hall–Kier alpha value is -1.36. The summed E-state index contributed by atoms with van der Waals surface area (Å²) in [5.41, 5.74) is 2.92. The first-order valence-electron chi connectivity index (χ1n) is 4.52. The van der Waals surface area contributed by atoms with E-state index < -0.39 is 0 Å². The molecule has 2 rings (SSSR count). The molecule has 0 aromatic carbocycles. The minimum Gasteiger partial charge on any atom is -0.356 e. The van der Waals surface area contributed by atoms with Crippen molar-refractivity contribution < 1.29 is 0 Å². The van der Waals surface area contributed by atoms with Crippen molar-refractivity contribution in [2.45, 2.75) is 13.5 Å². The predicted octanol–water partition coefficient (Wildman–Crippen LogP) is 1.82. The maximum absolute atomic E-state index is 4.23. The van der Waals surface area contributed by atoms with Crippen molar-refractivity contribution in [3.05, 3.63) is 29.0 Å². The molecule has 5 heteroatoms. The van der Waals surface area contributed by atoms with Crippen LogP contribution in [0, 0.1) is 0 Å². The highest BCUT2D eigenvalue weighted by molar-refractivity contribution is 7.07. The van der Waals surface area contributed by atoms with Crippen molar-refractivity contribution in [3.8, 4) is 0 Å². The second kappa shape index (κ2) is 4.23. The lowest BCUT2D eigenvalue weighted by Crippen LogP contribution is -2.07. The van der Waals surface area contributed by atoms with Crippen LogP contribution in [0.25, 0.3) is 0 Å². The molecule has 2 heterocycles. The second-order valence-corrected chi connectivity index (χ2v) is 3.61. The summed E-state index contributed by atoms with van der Waals surface area (Å²) in [6.45, 7) is 3.72. The van der Waals surface area contributed by atoms with Gasteiger partial charge in [0.05, 0.1) is 17.7 Å². The van der Waals surface area contributed by atoms with Crippen molar-refractivity contribution in [2.24, 2.45) is 0 Å². The summed E-state index contributed by atoms with van der Waals surface area (Å²) in [5.74, 6) is 0.903. The van der Waals surface area contributed by atoms with E-state index in [2.05, 4.69) is 32.2 Å². The summed E-state index contributed by atoms with van der Waals surface area (Å²) < 4.78 is 2.05. The van der Waals surface area contributed by atoms with Gasteiger partial charge in [0, 0.05) is 24.3 Å². The topological polar surface area (TPSA) is 42.7 Å². The molecule has 0 amide bonds. The van der Waals surface area contributed by atoms with Gasteiger partial charge in [-0.2, -0.15) is 0 Å². The zero-order valence-corrected chi connectivity index (χ0v) is 8.79. The quantitative estimate of drug-likeness (QED) is 0.833. The molecule has 2 aromatic rings. The minimum atomic E-state index is 0.784. The predicted molar refractivity (Wildman–Crippen MR) is 57.6 cm³/mol. The summed E-state index contributed by atoms with van der Waals surface area (Å²) in [6, 6.07) is 0. The van der Waals surface area contributed by atoms with E-state index in [-0.39, 0.29) is 0 Å². The summed E-state index contributed by atoms with van der Waals surface area (Å²) >= 11 is 1.62. The third-order valence-electron chi connectivity index (χ3n) is 1.87. The molecule has 0 unspecified atom stereocenters. The Morgan fingerprint density at radius 3 is 3.14 bits per heavy atom. The van der Waals surface area contributed by atoms with Crippen LogP contribution in [0.2, 0.25) is 0 Å². The molecule has 0 spiro atoms. The highest BCUT2D eigenvalue weighted by atomic mass is 32.1. The van der Waals surface area contributed by atoms with Crippen molar-refractivity contribution in [1.29, 1.82) is 0 Å². The minimum absolute atomic E-state index is 0.784. The Bertz CT molecular complexity index is 379. The van der Waals surface area contributed by atoms with Gasteiger partial charge in [0.2, 0.25) is 5.95 Å². The Morgan fingerprint density at radius 2 is 2.43 bits per heavy atom. The number of imidazole rings is 1. The lowest BCUT2D eigenvalue weighted by Gasteiger charge is -2.05. The number of rotatable bonds is 4. The fraction of sp³-hybridized carbons (Fsp3) is 0.333. The first kappa shape index (κ1) is 9.21. The zero-order chi connectivity index (χ0) is 9.80. The highest BCUT2D eigenvalue weighted by Gasteiger charge is 2.02. The number of hydrogen-bond donors (Lipinski definition) is 1. The van der Waals surface area contributed by atoms with E-state index in [9.17, 15) is 0 Å². The van der Waals surface area contributed by atoms with Gasteiger partial charge in [-0.15, -0.1) is 11.3 Å². The molecule has 74 valence electrons. The molecular formula is C9H12N4S. The van der Waals surface area contributed by atoms with E-state index in [1.807, 2.05) is 11.7 Å². The van der Waals surface area contributed by atoms with Crippen LogP contribution in [-0.4, -0.2) is 21.1 Å². The van der Waals surface area contributed by atoms with E-state index in [0.29, 0.717) is 0 Å². The highest BCUT2D eigenvalue weighted by Crippen LogP contribution is 2.09.